The molecule has 168 valence electrons. The van der Waals surface area contributed by atoms with E-state index < -0.39 is 0 Å². The predicted octanol–water partition coefficient (Wildman–Crippen LogP) is 4.97. The van der Waals surface area contributed by atoms with Gasteiger partial charge in [-0.05, 0) is 61.6 Å². The zero-order chi connectivity index (χ0) is 20.9. The summed E-state index contributed by atoms with van der Waals surface area (Å²) in [5, 5.41) is 4.82. The highest BCUT2D eigenvalue weighted by atomic mass is 35.5. The number of rotatable bonds is 7. The van der Waals surface area contributed by atoms with Crippen LogP contribution in [-0.4, -0.2) is 45.9 Å². The molecule has 0 radical (unpaired) electrons. The van der Waals surface area contributed by atoms with Crippen LogP contribution in [0, 0.1) is 0 Å². The van der Waals surface area contributed by atoms with Gasteiger partial charge in [0.15, 0.2) is 11.6 Å². The molecular formula is C24H27Cl2N5O. The first-order valence-electron chi connectivity index (χ1n) is 9.84. The molecule has 2 aromatic heterocycles. The molecule has 6 nitrogen and oxygen atoms in total. The van der Waals surface area contributed by atoms with Gasteiger partial charge in [-0.1, -0.05) is 24.3 Å². The van der Waals surface area contributed by atoms with Crippen LogP contribution in [0.25, 0.3) is 22.8 Å². The second kappa shape index (κ2) is 11.6. The summed E-state index contributed by atoms with van der Waals surface area (Å²) in [6, 6.07) is 20.3. The molecule has 0 bridgehead atoms. The fraction of sp³-hybridized carbons (Fsp3) is 0.208. The van der Waals surface area contributed by atoms with Crippen molar-refractivity contribution in [2.75, 3.05) is 21.2 Å². The molecule has 0 aliphatic carbocycles. The van der Waals surface area contributed by atoms with E-state index in [1.165, 1.54) is 5.56 Å². The molecule has 0 atom stereocenters. The Morgan fingerprint density at radius 1 is 0.906 bits per heavy atom. The molecule has 0 saturated heterocycles. The van der Waals surface area contributed by atoms with Crippen molar-refractivity contribution in [3.05, 3.63) is 84.2 Å². The van der Waals surface area contributed by atoms with Crippen LogP contribution in [0.3, 0.4) is 0 Å². The molecule has 4 rings (SSSR count). The Morgan fingerprint density at radius 3 is 2.31 bits per heavy atom. The third-order valence-electron chi connectivity index (χ3n) is 4.76. The molecule has 4 aromatic rings. The Labute approximate surface area is 201 Å². The third-order valence-corrected chi connectivity index (χ3v) is 4.76. The monoisotopic (exact) mass is 471 g/mol. The molecular weight excluding hydrogens is 445 g/mol. The minimum absolute atomic E-state index is 0. The lowest BCUT2D eigenvalue weighted by atomic mass is 10.1. The number of pyridine rings is 1. The summed E-state index contributed by atoms with van der Waals surface area (Å²) in [5.41, 5.74) is 4.31. The van der Waals surface area contributed by atoms with Crippen molar-refractivity contribution in [2.45, 2.75) is 13.1 Å². The van der Waals surface area contributed by atoms with Crippen molar-refractivity contribution in [3.63, 3.8) is 0 Å². The van der Waals surface area contributed by atoms with Crippen molar-refractivity contribution in [1.82, 2.24) is 24.6 Å². The SMILES string of the molecule is COc1ccc(-c2nc(-c3cccc(CN(C)C)c3)n(Cc3cccnc3)n2)cc1.Cl.Cl. The molecule has 0 aliphatic heterocycles. The fourth-order valence-corrected chi connectivity index (χ4v) is 3.37. The highest BCUT2D eigenvalue weighted by Crippen LogP contribution is 2.25. The maximum absolute atomic E-state index is 5.27. The van der Waals surface area contributed by atoms with E-state index in [-0.39, 0.29) is 24.8 Å². The largest absolute Gasteiger partial charge is 0.497 e. The lowest BCUT2D eigenvalue weighted by Crippen LogP contribution is -2.10. The summed E-state index contributed by atoms with van der Waals surface area (Å²) in [6.07, 6.45) is 3.64. The third kappa shape index (κ3) is 6.07. The Bertz CT molecular complexity index is 1110. The van der Waals surface area contributed by atoms with Gasteiger partial charge < -0.3 is 9.64 Å². The highest BCUT2D eigenvalue weighted by Gasteiger charge is 2.15. The van der Waals surface area contributed by atoms with E-state index >= 15 is 0 Å². The van der Waals surface area contributed by atoms with Crippen molar-refractivity contribution in [2.24, 2.45) is 0 Å². The topological polar surface area (TPSA) is 56.1 Å². The summed E-state index contributed by atoms with van der Waals surface area (Å²) >= 11 is 0. The van der Waals surface area contributed by atoms with Gasteiger partial charge in [0, 0.05) is 30.1 Å². The van der Waals surface area contributed by atoms with Crippen LogP contribution in [0.2, 0.25) is 0 Å². The van der Waals surface area contributed by atoms with E-state index in [1.807, 2.05) is 47.3 Å². The van der Waals surface area contributed by atoms with Crippen molar-refractivity contribution >= 4 is 24.8 Å². The van der Waals surface area contributed by atoms with Crippen LogP contribution in [0.4, 0.5) is 0 Å². The average molecular weight is 472 g/mol. The standard InChI is InChI=1S/C24H25N5O.2ClH/c1-28(2)16-18-6-4-8-21(14-18)24-26-23(20-9-11-22(30-3)12-10-20)27-29(24)17-19-7-5-13-25-15-19;;/h4-15H,16-17H2,1-3H3;2*1H. The Balaban J connectivity index is 0.00000181. The lowest BCUT2D eigenvalue weighted by Gasteiger charge is -2.11. The van der Waals surface area contributed by atoms with Gasteiger partial charge in [0.2, 0.25) is 0 Å². The summed E-state index contributed by atoms with van der Waals surface area (Å²) in [5.74, 6) is 2.34. The minimum Gasteiger partial charge on any atom is -0.497 e. The quantitative estimate of drug-likeness (QED) is 0.380. The van der Waals surface area contributed by atoms with Gasteiger partial charge in [-0.3, -0.25) is 4.98 Å². The number of halogens is 2. The van der Waals surface area contributed by atoms with E-state index in [0.717, 1.165) is 34.8 Å². The maximum atomic E-state index is 5.27. The molecule has 0 fully saturated rings. The number of ether oxygens (including phenoxy) is 1. The summed E-state index contributed by atoms with van der Waals surface area (Å²) in [7, 11) is 5.80. The van der Waals surface area contributed by atoms with Crippen LogP contribution in [0.5, 0.6) is 5.75 Å². The first-order valence-corrected chi connectivity index (χ1v) is 9.84. The molecule has 0 N–H and O–H groups in total. The van der Waals surface area contributed by atoms with E-state index in [2.05, 4.69) is 48.2 Å². The fourth-order valence-electron chi connectivity index (χ4n) is 3.37. The van der Waals surface area contributed by atoms with Gasteiger partial charge in [0.1, 0.15) is 5.75 Å². The molecule has 0 amide bonds. The van der Waals surface area contributed by atoms with Crippen molar-refractivity contribution in [3.8, 4) is 28.5 Å². The number of methoxy groups -OCH3 is 1. The second-order valence-corrected chi connectivity index (χ2v) is 7.44. The van der Waals surface area contributed by atoms with Gasteiger partial charge >= 0.3 is 0 Å². The van der Waals surface area contributed by atoms with Crippen molar-refractivity contribution in [1.29, 1.82) is 0 Å². The van der Waals surface area contributed by atoms with Crippen LogP contribution in [0.1, 0.15) is 11.1 Å². The van der Waals surface area contributed by atoms with E-state index in [9.17, 15) is 0 Å². The van der Waals surface area contributed by atoms with E-state index in [0.29, 0.717) is 12.4 Å². The Kier molecular flexibility index (Phi) is 9.20. The minimum atomic E-state index is 0. The molecule has 0 spiro atoms. The molecule has 0 unspecified atom stereocenters. The average Bonchev–Trinajstić information content (AvgIpc) is 3.18. The van der Waals surface area contributed by atoms with Crippen LogP contribution < -0.4 is 4.74 Å². The number of aromatic nitrogens is 4. The highest BCUT2D eigenvalue weighted by molar-refractivity contribution is 5.85. The smallest absolute Gasteiger partial charge is 0.181 e. The van der Waals surface area contributed by atoms with E-state index in [1.54, 1.807) is 13.3 Å². The zero-order valence-corrected chi connectivity index (χ0v) is 19.9. The molecule has 0 aliphatic rings. The summed E-state index contributed by atoms with van der Waals surface area (Å²) in [4.78, 5) is 11.3. The molecule has 32 heavy (non-hydrogen) atoms. The number of hydrogen-bond acceptors (Lipinski definition) is 5. The van der Waals surface area contributed by atoms with Crippen LogP contribution in [0.15, 0.2) is 73.1 Å². The number of nitrogens with zero attached hydrogens (tertiary/aromatic N) is 5. The Morgan fingerprint density at radius 2 is 1.66 bits per heavy atom. The summed E-state index contributed by atoms with van der Waals surface area (Å²) < 4.78 is 7.22. The van der Waals surface area contributed by atoms with Crippen LogP contribution >= 0.6 is 24.8 Å². The summed E-state index contributed by atoms with van der Waals surface area (Å²) in [6.45, 7) is 1.47. The van der Waals surface area contributed by atoms with Gasteiger partial charge in [-0.15, -0.1) is 24.8 Å². The lowest BCUT2D eigenvalue weighted by molar-refractivity contribution is 0.402. The first-order chi connectivity index (χ1) is 14.6. The number of hydrogen-bond donors (Lipinski definition) is 0. The van der Waals surface area contributed by atoms with Gasteiger partial charge in [-0.2, -0.15) is 5.10 Å². The molecule has 0 saturated carbocycles. The van der Waals surface area contributed by atoms with Crippen LogP contribution in [-0.2, 0) is 13.1 Å². The maximum Gasteiger partial charge on any atom is 0.181 e. The van der Waals surface area contributed by atoms with Gasteiger partial charge in [0.05, 0.1) is 13.7 Å². The first kappa shape index (κ1) is 25.3. The predicted molar refractivity (Wildman–Crippen MR) is 133 cm³/mol. The second-order valence-electron chi connectivity index (χ2n) is 7.44. The molecule has 2 heterocycles. The van der Waals surface area contributed by atoms with Crippen molar-refractivity contribution < 1.29 is 4.74 Å². The molecule has 2 aromatic carbocycles. The van der Waals surface area contributed by atoms with Gasteiger partial charge in [0.25, 0.3) is 0 Å². The normalized spacial score (nSPS) is 10.4. The van der Waals surface area contributed by atoms with E-state index in [4.69, 9.17) is 14.8 Å². The van der Waals surface area contributed by atoms with Gasteiger partial charge in [-0.25, -0.2) is 9.67 Å². The zero-order valence-electron chi connectivity index (χ0n) is 18.3. The number of benzene rings is 2. The molecule has 8 heteroatoms. The Hall–Kier alpha value is -2.93.